The summed E-state index contributed by atoms with van der Waals surface area (Å²) < 4.78 is 17.3. The molecule has 14 heavy (non-hydrogen) atoms. The monoisotopic (exact) mass is 221 g/mol. The Kier molecular flexibility index (Phi) is 1.07. The number of H-pyrrole nitrogens is 3. The Labute approximate surface area is 78.0 Å². The standard InChI is InChI=1S/C3H12N9OP/c1-7-4-10(7)14(13,11-5-8(11)2)12-6-9(12)3/h4-6H,1-3H3. The lowest BCUT2D eigenvalue weighted by atomic mass is 11.5. The predicted molar refractivity (Wildman–Crippen MR) is 47.1 cm³/mol. The van der Waals surface area contributed by atoms with Gasteiger partial charge in [0.25, 0.3) is 0 Å². The van der Waals surface area contributed by atoms with E-state index in [1.54, 1.807) is 49.2 Å². The molecule has 0 bridgehead atoms. The van der Waals surface area contributed by atoms with Gasteiger partial charge in [-0.2, -0.15) is 30.0 Å². The fourth-order valence-electron chi connectivity index (χ4n) is 1.27. The smallest absolute Gasteiger partial charge is 0.239 e. The van der Waals surface area contributed by atoms with Crippen LogP contribution in [0.5, 0.6) is 0 Å². The van der Waals surface area contributed by atoms with Gasteiger partial charge in [-0.1, -0.05) is 13.7 Å². The zero-order valence-corrected chi connectivity index (χ0v) is 8.93. The zero-order valence-electron chi connectivity index (χ0n) is 8.04. The van der Waals surface area contributed by atoms with Crippen LogP contribution in [0.25, 0.3) is 0 Å². The third-order valence-corrected chi connectivity index (χ3v) is 4.73. The van der Waals surface area contributed by atoms with Crippen LogP contribution in [-0.4, -0.2) is 43.7 Å². The molecule has 0 saturated heterocycles. The molecule has 0 saturated carbocycles. The predicted octanol–water partition coefficient (Wildman–Crippen LogP) is -0.856. The van der Waals surface area contributed by atoms with Crippen molar-refractivity contribution in [2.24, 2.45) is 21.1 Å². The second-order valence-corrected chi connectivity index (χ2v) is 5.42. The molecule has 0 aromatic carbocycles. The van der Waals surface area contributed by atoms with Gasteiger partial charge in [-0.3, -0.25) is 0 Å². The van der Waals surface area contributed by atoms with Crippen LogP contribution >= 0.6 is 7.59 Å². The fraction of sp³-hybridized carbons (Fsp3) is 1.00. The highest BCUT2D eigenvalue weighted by molar-refractivity contribution is 7.58. The van der Waals surface area contributed by atoms with Crippen LogP contribution in [0, 0.1) is 0 Å². The van der Waals surface area contributed by atoms with Gasteiger partial charge in [-0.05, 0) is 0 Å². The summed E-state index contributed by atoms with van der Waals surface area (Å²) in [5, 5.41) is 8.53. The zero-order chi connectivity index (χ0) is 10.1. The molecule has 3 rings (SSSR count). The molecule has 80 valence electrons. The molecular weight excluding hydrogens is 209 g/mol. The molecule has 0 fully saturated rings. The average molecular weight is 221 g/mol. The van der Waals surface area contributed by atoms with E-state index in [-0.39, 0.29) is 0 Å². The van der Waals surface area contributed by atoms with E-state index < -0.39 is 7.59 Å². The van der Waals surface area contributed by atoms with Crippen LogP contribution in [0.2, 0.25) is 0 Å². The lowest BCUT2D eigenvalue weighted by molar-refractivity contribution is 0.542. The topological polar surface area (TPSA) is 94.0 Å². The summed E-state index contributed by atoms with van der Waals surface area (Å²) in [5.74, 6) is 0. The molecular formula is C3H12N9OP. The summed E-state index contributed by atoms with van der Waals surface area (Å²) in [5.41, 5.74) is 0. The van der Waals surface area contributed by atoms with Crippen LogP contribution in [0.1, 0.15) is 0 Å². The van der Waals surface area contributed by atoms with E-state index in [2.05, 4.69) is 15.6 Å². The summed E-state index contributed by atoms with van der Waals surface area (Å²) in [6.45, 7) is 0. The first-order chi connectivity index (χ1) is 6.55. The molecule has 0 aliphatic carbocycles. The summed E-state index contributed by atoms with van der Waals surface area (Å²) >= 11 is 0. The van der Waals surface area contributed by atoms with Crippen LogP contribution < -0.4 is 0 Å². The molecule has 0 atom stereocenters. The molecule has 0 amide bonds. The molecule has 3 aromatic heterocycles. The fourth-order valence-corrected chi connectivity index (χ4v) is 3.54. The van der Waals surface area contributed by atoms with Gasteiger partial charge in [0.05, 0.1) is 0 Å². The Morgan fingerprint density at radius 2 is 1.00 bits per heavy atom. The van der Waals surface area contributed by atoms with Crippen molar-refractivity contribution in [3.05, 3.63) is 0 Å². The van der Waals surface area contributed by atoms with E-state index in [0.717, 1.165) is 0 Å². The van der Waals surface area contributed by atoms with Gasteiger partial charge in [-0.15, -0.1) is 0 Å². The van der Waals surface area contributed by atoms with E-state index in [0.29, 0.717) is 0 Å². The Hall–Kier alpha value is -1.57. The van der Waals surface area contributed by atoms with Gasteiger partial charge in [0, 0.05) is 21.1 Å². The maximum atomic E-state index is 12.6. The molecule has 0 unspecified atom stereocenters. The Morgan fingerprint density at radius 3 is 1.14 bits per heavy atom. The molecule has 10 nitrogen and oxygen atoms in total. The first-order valence-corrected chi connectivity index (χ1v) is 5.63. The highest BCUT2D eigenvalue weighted by Gasteiger charge is 2.44. The number of aryl methyl sites for hydroxylation is 3. The van der Waals surface area contributed by atoms with E-state index in [1.807, 2.05) is 0 Å². The van der Waals surface area contributed by atoms with Crippen molar-refractivity contribution in [2.75, 3.05) is 0 Å². The third kappa shape index (κ3) is 0.782. The second kappa shape index (κ2) is 1.92. The molecule has 3 heterocycles. The number of hydrogen-bond acceptors (Lipinski definition) is 1. The van der Waals surface area contributed by atoms with E-state index in [1.165, 1.54) is 0 Å². The van der Waals surface area contributed by atoms with Gasteiger partial charge in [-0.25, -0.2) is 4.57 Å². The number of nitrogens with one attached hydrogen (secondary N) is 3. The Morgan fingerprint density at radius 1 is 0.786 bits per heavy atom. The van der Waals surface area contributed by atoms with Crippen molar-refractivity contribution in [1.82, 2.24) is 43.7 Å². The summed E-state index contributed by atoms with van der Waals surface area (Å²) in [6.07, 6.45) is 0. The molecule has 3 aromatic rings. The lowest BCUT2D eigenvalue weighted by Gasteiger charge is -2.03. The first-order valence-electron chi connectivity index (χ1n) is 4.07. The highest BCUT2D eigenvalue weighted by Crippen LogP contribution is 2.50. The first kappa shape index (κ1) is 7.80. The van der Waals surface area contributed by atoms with Crippen molar-refractivity contribution in [1.29, 1.82) is 0 Å². The summed E-state index contributed by atoms with van der Waals surface area (Å²) in [4.78, 5) is 4.97. The molecule has 0 spiro atoms. The number of rotatable bonds is 3. The van der Waals surface area contributed by atoms with Crippen molar-refractivity contribution in [3.8, 4) is 0 Å². The normalized spacial score (nSPS) is 13.6. The summed E-state index contributed by atoms with van der Waals surface area (Å²) in [6, 6.07) is 0. The SMILES string of the molecule is Cn1[nH]n1P(=O)(n1[nH]n1C)n1[nH]n1C. The molecule has 3 N–H and O–H groups in total. The van der Waals surface area contributed by atoms with Crippen LogP contribution in [0.3, 0.4) is 0 Å². The lowest BCUT2D eigenvalue weighted by Crippen LogP contribution is -2.06. The van der Waals surface area contributed by atoms with Gasteiger partial charge in [0.2, 0.25) is 0 Å². The minimum atomic E-state index is -2.83. The molecule has 11 heteroatoms. The Balaban J connectivity index is 2.11. The number of aromatic amines is 3. The van der Waals surface area contributed by atoms with Gasteiger partial charge in [0.15, 0.2) is 0 Å². The number of aromatic nitrogens is 9. The minimum Gasteiger partial charge on any atom is -0.239 e. The van der Waals surface area contributed by atoms with E-state index >= 15 is 0 Å². The highest BCUT2D eigenvalue weighted by atomic mass is 31.2. The average Bonchev–Trinajstić information content (AvgIpc) is 2.91. The van der Waals surface area contributed by atoms with Gasteiger partial charge < -0.3 is 0 Å². The van der Waals surface area contributed by atoms with Gasteiger partial charge in [0.1, 0.15) is 0 Å². The van der Waals surface area contributed by atoms with Crippen LogP contribution in [0.15, 0.2) is 0 Å². The van der Waals surface area contributed by atoms with Crippen LogP contribution in [-0.2, 0) is 25.7 Å². The number of nitrogens with zero attached hydrogens (tertiary/aromatic N) is 6. The van der Waals surface area contributed by atoms with Crippen molar-refractivity contribution < 1.29 is 4.57 Å². The maximum Gasteiger partial charge on any atom is 0.466 e. The van der Waals surface area contributed by atoms with E-state index in [9.17, 15) is 4.57 Å². The van der Waals surface area contributed by atoms with Crippen LogP contribution in [0.4, 0.5) is 0 Å². The van der Waals surface area contributed by atoms with Crippen molar-refractivity contribution in [2.45, 2.75) is 0 Å². The largest absolute Gasteiger partial charge is 0.466 e. The van der Waals surface area contributed by atoms with Crippen molar-refractivity contribution >= 4 is 7.59 Å². The second-order valence-electron chi connectivity index (χ2n) is 3.25. The molecule has 0 radical (unpaired) electrons. The summed E-state index contributed by atoms with van der Waals surface area (Å²) in [7, 11) is 2.55. The molecule has 0 aliphatic heterocycles. The minimum absolute atomic E-state index is 1.56. The van der Waals surface area contributed by atoms with Crippen molar-refractivity contribution in [3.63, 3.8) is 0 Å². The van der Waals surface area contributed by atoms with E-state index in [4.69, 9.17) is 0 Å². The molecule has 0 aliphatic rings. The quantitative estimate of drug-likeness (QED) is 0.493. The number of hydrogen-bond donors (Lipinski definition) is 3. The van der Waals surface area contributed by atoms with Gasteiger partial charge >= 0.3 is 7.59 Å². The third-order valence-electron chi connectivity index (χ3n) is 2.18. The maximum absolute atomic E-state index is 12.6. The Bertz CT molecular complexity index is 492.